The first-order chi connectivity index (χ1) is 17.7. The number of furan rings is 1. The highest BCUT2D eigenvalue weighted by molar-refractivity contribution is 5.88. The highest BCUT2D eigenvalue weighted by Gasteiger charge is 2.16. The fourth-order valence-electron chi connectivity index (χ4n) is 3.73. The van der Waals surface area contributed by atoms with E-state index < -0.39 is 5.97 Å². The number of hydrogen-bond donors (Lipinski definition) is 2. The van der Waals surface area contributed by atoms with Gasteiger partial charge in [-0.3, -0.25) is 0 Å². The monoisotopic (exact) mass is 483 g/mol. The van der Waals surface area contributed by atoms with E-state index in [4.69, 9.17) is 9.15 Å². The topological polar surface area (TPSA) is 118 Å². The number of piperidine rings is 1. The summed E-state index contributed by atoms with van der Waals surface area (Å²) in [5.41, 5.74) is 4.50. The van der Waals surface area contributed by atoms with Crippen LogP contribution in [0.4, 0.5) is 23.5 Å². The lowest BCUT2D eigenvalue weighted by atomic mass is 10.1. The number of aromatic nitrogens is 3. The van der Waals surface area contributed by atoms with Crippen LogP contribution >= 0.6 is 0 Å². The minimum Gasteiger partial charge on any atom is -0.457 e. The number of hydrogen-bond acceptors (Lipinski definition) is 10. The van der Waals surface area contributed by atoms with Gasteiger partial charge in [0.25, 0.3) is 0 Å². The number of hydrazone groups is 1. The average Bonchev–Trinajstić information content (AvgIpc) is 3.46. The Labute approximate surface area is 208 Å². The lowest BCUT2D eigenvalue weighted by Crippen LogP contribution is -2.31. The standard InChI is InChI=1S/C26H25N7O3/c34-23(22-13-8-16-35-22)36-21-12-7-9-19(17-21)18-27-32-25-29-24(28-20-10-3-1-4-11-20)30-26(31-25)33-14-5-2-6-15-33/h1,3-4,7-13,16-18H,2,5-6,14-15H2,(H2,28,29,30,31,32)/b27-18-. The number of carbonyl (C=O) groups is 1. The maximum atomic E-state index is 12.1. The van der Waals surface area contributed by atoms with Gasteiger partial charge in [0.2, 0.25) is 23.6 Å². The third-order valence-corrected chi connectivity index (χ3v) is 5.46. The number of nitrogens with one attached hydrogen (secondary N) is 2. The molecule has 1 aliphatic rings. The van der Waals surface area contributed by atoms with Crippen LogP contribution in [0.1, 0.15) is 35.4 Å². The van der Waals surface area contributed by atoms with Gasteiger partial charge in [-0.15, -0.1) is 0 Å². The molecular weight excluding hydrogens is 458 g/mol. The van der Waals surface area contributed by atoms with Crippen molar-refractivity contribution >= 4 is 35.7 Å². The molecule has 3 heterocycles. The molecule has 0 amide bonds. The van der Waals surface area contributed by atoms with Crippen molar-refractivity contribution in [3.05, 3.63) is 84.3 Å². The van der Waals surface area contributed by atoms with Crippen molar-refractivity contribution in [3.63, 3.8) is 0 Å². The quantitative estimate of drug-likeness (QED) is 0.157. The molecule has 182 valence electrons. The number of esters is 1. The highest BCUT2D eigenvalue weighted by atomic mass is 16.5. The maximum absolute atomic E-state index is 12.1. The summed E-state index contributed by atoms with van der Waals surface area (Å²) in [6.07, 6.45) is 6.44. The summed E-state index contributed by atoms with van der Waals surface area (Å²) in [4.78, 5) is 27.9. The Morgan fingerprint density at radius 3 is 2.58 bits per heavy atom. The third-order valence-electron chi connectivity index (χ3n) is 5.46. The molecule has 1 saturated heterocycles. The van der Waals surface area contributed by atoms with Gasteiger partial charge in [-0.25, -0.2) is 10.2 Å². The van der Waals surface area contributed by atoms with Crippen molar-refractivity contribution in [1.82, 2.24) is 15.0 Å². The van der Waals surface area contributed by atoms with E-state index in [2.05, 4.69) is 35.7 Å². The van der Waals surface area contributed by atoms with Crippen LogP contribution in [0.5, 0.6) is 5.75 Å². The number of para-hydroxylation sites is 1. The molecule has 10 nitrogen and oxygen atoms in total. The van der Waals surface area contributed by atoms with E-state index in [0.29, 0.717) is 23.6 Å². The predicted molar refractivity (Wildman–Crippen MR) is 137 cm³/mol. The molecule has 10 heteroatoms. The molecular formula is C26H25N7O3. The van der Waals surface area contributed by atoms with Gasteiger partial charge in [-0.1, -0.05) is 30.3 Å². The smallest absolute Gasteiger partial charge is 0.379 e. The van der Waals surface area contributed by atoms with Crippen molar-refractivity contribution in [2.24, 2.45) is 5.10 Å². The largest absolute Gasteiger partial charge is 0.457 e. The van der Waals surface area contributed by atoms with E-state index in [1.54, 1.807) is 36.5 Å². The summed E-state index contributed by atoms with van der Waals surface area (Å²) < 4.78 is 10.4. The molecule has 1 aliphatic heterocycles. The zero-order valence-corrected chi connectivity index (χ0v) is 19.5. The van der Waals surface area contributed by atoms with Crippen LogP contribution in [-0.2, 0) is 0 Å². The van der Waals surface area contributed by atoms with Crippen LogP contribution in [0.3, 0.4) is 0 Å². The zero-order valence-electron chi connectivity index (χ0n) is 19.5. The second-order valence-electron chi connectivity index (χ2n) is 8.13. The van der Waals surface area contributed by atoms with Gasteiger partial charge in [0.05, 0.1) is 12.5 Å². The Kier molecular flexibility index (Phi) is 7.12. The molecule has 2 aromatic heterocycles. The second-order valence-corrected chi connectivity index (χ2v) is 8.13. The number of nitrogens with zero attached hydrogens (tertiary/aromatic N) is 5. The Bertz CT molecular complexity index is 1320. The Balaban J connectivity index is 1.30. The normalized spacial score (nSPS) is 13.5. The average molecular weight is 484 g/mol. The van der Waals surface area contributed by atoms with E-state index in [-0.39, 0.29) is 5.76 Å². The van der Waals surface area contributed by atoms with Crippen LogP contribution in [0, 0.1) is 0 Å². The van der Waals surface area contributed by atoms with E-state index >= 15 is 0 Å². The van der Waals surface area contributed by atoms with E-state index in [1.807, 2.05) is 36.4 Å². The van der Waals surface area contributed by atoms with Gasteiger partial charge in [0.15, 0.2) is 0 Å². The molecule has 36 heavy (non-hydrogen) atoms. The second kappa shape index (κ2) is 11.1. The summed E-state index contributed by atoms with van der Waals surface area (Å²) in [6, 6.07) is 19.9. The molecule has 0 radical (unpaired) electrons. The molecule has 0 bridgehead atoms. The molecule has 5 rings (SSSR count). The number of rotatable bonds is 8. The van der Waals surface area contributed by atoms with Gasteiger partial charge in [-0.2, -0.15) is 20.1 Å². The molecule has 0 saturated carbocycles. The van der Waals surface area contributed by atoms with Crippen LogP contribution in [0.25, 0.3) is 0 Å². The molecule has 2 aromatic carbocycles. The maximum Gasteiger partial charge on any atom is 0.379 e. The van der Waals surface area contributed by atoms with Crippen LogP contribution in [0.2, 0.25) is 0 Å². The summed E-state index contributed by atoms with van der Waals surface area (Å²) >= 11 is 0. The Hall–Kier alpha value is -4.73. The van der Waals surface area contributed by atoms with Gasteiger partial charge in [0.1, 0.15) is 5.75 Å². The fraction of sp³-hybridized carbons (Fsp3) is 0.192. The third kappa shape index (κ3) is 6.03. The van der Waals surface area contributed by atoms with Crippen molar-refractivity contribution in [2.45, 2.75) is 19.3 Å². The minimum atomic E-state index is -0.568. The van der Waals surface area contributed by atoms with Crippen LogP contribution in [0.15, 0.2) is 82.5 Å². The summed E-state index contributed by atoms with van der Waals surface area (Å²) in [6.45, 7) is 1.81. The molecule has 0 aliphatic carbocycles. The Morgan fingerprint density at radius 2 is 1.78 bits per heavy atom. The highest BCUT2D eigenvalue weighted by Crippen LogP contribution is 2.21. The van der Waals surface area contributed by atoms with Gasteiger partial charge in [-0.05, 0) is 61.2 Å². The predicted octanol–water partition coefficient (Wildman–Crippen LogP) is 4.86. The molecule has 0 unspecified atom stereocenters. The number of ether oxygens (including phenoxy) is 1. The fourth-order valence-corrected chi connectivity index (χ4v) is 3.73. The van der Waals surface area contributed by atoms with E-state index in [0.717, 1.165) is 37.2 Å². The number of benzene rings is 2. The van der Waals surface area contributed by atoms with Gasteiger partial charge >= 0.3 is 5.97 Å². The van der Waals surface area contributed by atoms with Gasteiger partial charge < -0.3 is 19.4 Å². The van der Waals surface area contributed by atoms with Crippen molar-refractivity contribution in [1.29, 1.82) is 0 Å². The Morgan fingerprint density at radius 1 is 0.944 bits per heavy atom. The van der Waals surface area contributed by atoms with Gasteiger partial charge in [0, 0.05) is 18.8 Å². The van der Waals surface area contributed by atoms with Crippen LogP contribution < -0.4 is 20.4 Å². The lowest BCUT2D eigenvalue weighted by Gasteiger charge is -2.26. The van der Waals surface area contributed by atoms with Crippen molar-refractivity contribution < 1.29 is 13.9 Å². The van der Waals surface area contributed by atoms with E-state index in [9.17, 15) is 4.79 Å². The number of anilines is 4. The first-order valence-electron chi connectivity index (χ1n) is 11.7. The minimum absolute atomic E-state index is 0.134. The molecule has 1 fully saturated rings. The molecule has 0 spiro atoms. The number of carbonyl (C=O) groups excluding carboxylic acids is 1. The van der Waals surface area contributed by atoms with E-state index in [1.165, 1.54) is 12.7 Å². The summed E-state index contributed by atoms with van der Waals surface area (Å²) in [7, 11) is 0. The zero-order chi connectivity index (χ0) is 24.6. The first-order valence-corrected chi connectivity index (χ1v) is 11.7. The lowest BCUT2D eigenvalue weighted by molar-refractivity contribution is 0.0701. The molecule has 4 aromatic rings. The molecule has 0 atom stereocenters. The first kappa shape index (κ1) is 23.0. The summed E-state index contributed by atoms with van der Waals surface area (Å²) in [5, 5.41) is 7.52. The van der Waals surface area contributed by atoms with Crippen molar-refractivity contribution in [3.8, 4) is 5.75 Å². The SMILES string of the molecule is O=C(Oc1cccc(/C=N\Nc2nc(Nc3ccccc3)nc(N3CCCCC3)n2)c1)c1ccco1. The summed E-state index contributed by atoms with van der Waals surface area (Å²) in [5.74, 6) is 1.30. The molecule has 2 N–H and O–H groups in total. The van der Waals surface area contributed by atoms with Crippen LogP contribution in [-0.4, -0.2) is 40.2 Å². The van der Waals surface area contributed by atoms with Crippen molar-refractivity contribution in [2.75, 3.05) is 28.7 Å².